The highest BCUT2D eigenvalue weighted by atomic mass is 15.1. The third kappa shape index (κ3) is 2.82. The van der Waals surface area contributed by atoms with E-state index >= 15 is 0 Å². The number of likely N-dealkylation sites (N-methyl/N-ethyl adjacent to an activating group) is 1. The van der Waals surface area contributed by atoms with Crippen LogP contribution in [0.1, 0.15) is 20.3 Å². The van der Waals surface area contributed by atoms with Gasteiger partial charge in [-0.25, -0.2) is 4.98 Å². The molecule has 0 aliphatic rings. The maximum absolute atomic E-state index is 5.76. The maximum atomic E-state index is 5.76. The standard InChI is InChI=1S/C14H22N4/c1-3-7-17(4-2)8-9-18-11-16-13-10-12(15)5-6-14(13)18/h5-6,10-11H,3-4,7-9,15H2,1-2H3. The second-order valence-corrected chi connectivity index (χ2v) is 4.62. The normalized spacial score (nSPS) is 11.5. The number of hydrogen-bond donors (Lipinski definition) is 1. The molecule has 2 N–H and O–H groups in total. The largest absolute Gasteiger partial charge is 0.399 e. The van der Waals surface area contributed by atoms with E-state index in [2.05, 4.69) is 28.3 Å². The fourth-order valence-electron chi connectivity index (χ4n) is 2.25. The third-order valence-corrected chi connectivity index (χ3v) is 3.29. The van der Waals surface area contributed by atoms with Gasteiger partial charge in [-0.05, 0) is 37.7 Å². The number of aromatic nitrogens is 2. The molecule has 0 saturated carbocycles. The molecule has 1 aromatic heterocycles. The molecule has 0 unspecified atom stereocenters. The van der Waals surface area contributed by atoms with Crippen LogP contribution in [0.25, 0.3) is 11.0 Å². The van der Waals surface area contributed by atoms with Gasteiger partial charge in [0.2, 0.25) is 0 Å². The summed E-state index contributed by atoms with van der Waals surface area (Å²) in [5.41, 5.74) is 8.67. The smallest absolute Gasteiger partial charge is 0.0958 e. The molecule has 0 saturated heterocycles. The summed E-state index contributed by atoms with van der Waals surface area (Å²) in [4.78, 5) is 6.86. The first-order valence-electron chi connectivity index (χ1n) is 6.67. The lowest BCUT2D eigenvalue weighted by atomic mass is 10.3. The van der Waals surface area contributed by atoms with Crippen LogP contribution >= 0.6 is 0 Å². The predicted octanol–water partition coefficient (Wildman–Crippen LogP) is 2.35. The zero-order valence-electron chi connectivity index (χ0n) is 11.3. The highest BCUT2D eigenvalue weighted by molar-refractivity contribution is 5.78. The summed E-state index contributed by atoms with van der Waals surface area (Å²) in [6.07, 6.45) is 3.11. The van der Waals surface area contributed by atoms with Crippen molar-refractivity contribution in [1.29, 1.82) is 0 Å². The van der Waals surface area contributed by atoms with Crippen LogP contribution in [0.4, 0.5) is 5.69 Å². The van der Waals surface area contributed by atoms with Gasteiger partial charge in [-0.3, -0.25) is 0 Å². The van der Waals surface area contributed by atoms with Crippen LogP contribution in [0.5, 0.6) is 0 Å². The zero-order chi connectivity index (χ0) is 13.0. The molecule has 0 spiro atoms. The Morgan fingerprint density at radius 2 is 2.11 bits per heavy atom. The summed E-state index contributed by atoms with van der Waals surface area (Å²) in [6.45, 7) is 8.75. The summed E-state index contributed by atoms with van der Waals surface area (Å²) in [5, 5.41) is 0. The number of anilines is 1. The molecule has 4 heteroatoms. The Morgan fingerprint density at radius 1 is 1.28 bits per heavy atom. The summed E-state index contributed by atoms with van der Waals surface area (Å²) in [7, 11) is 0. The number of imidazole rings is 1. The molecule has 1 heterocycles. The number of nitrogens with zero attached hydrogens (tertiary/aromatic N) is 3. The van der Waals surface area contributed by atoms with Crippen LogP contribution in [-0.2, 0) is 6.54 Å². The molecule has 2 aromatic rings. The van der Waals surface area contributed by atoms with E-state index in [-0.39, 0.29) is 0 Å². The van der Waals surface area contributed by atoms with Gasteiger partial charge in [-0.15, -0.1) is 0 Å². The fourth-order valence-corrected chi connectivity index (χ4v) is 2.25. The highest BCUT2D eigenvalue weighted by Gasteiger charge is 2.05. The molecule has 4 nitrogen and oxygen atoms in total. The average molecular weight is 246 g/mol. The molecule has 0 bridgehead atoms. The Morgan fingerprint density at radius 3 is 2.83 bits per heavy atom. The number of hydrogen-bond acceptors (Lipinski definition) is 3. The van der Waals surface area contributed by atoms with E-state index in [0.717, 1.165) is 42.9 Å². The summed E-state index contributed by atoms with van der Waals surface area (Å²) < 4.78 is 2.20. The van der Waals surface area contributed by atoms with E-state index < -0.39 is 0 Å². The van der Waals surface area contributed by atoms with Crippen LogP contribution < -0.4 is 5.73 Å². The van der Waals surface area contributed by atoms with Crippen molar-refractivity contribution in [2.75, 3.05) is 25.4 Å². The lowest BCUT2D eigenvalue weighted by molar-refractivity contribution is 0.278. The Labute approximate surface area is 108 Å². The number of nitrogen functional groups attached to an aromatic ring is 1. The molecule has 0 aliphatic carbocycles. The van der Waals surface area contributed by atoms with E-state index in [1.54, 1.807) is 0 Å². The Hall–Kier alpha value is -1.55. The van der Waals surface area contributed by atoms with E-state index in [0.29, 0.717) is 0 Å². The van der Waals surface area contributed by atoms with Crippen molar-refractivity contribution in [2.45, 2.75) is 26.8 Å². The van der Waals surface area contributed by atoms with E-state index in [4.69, 9.17) is 5.73 Å². The number of rotatable bonds is 6. The number of fused-ring (bicyclic) bond motifs is 1. The predicted molar refractivity (Wildman–Crippen MR) is 76.6 cm³/mol. The molecule has 2 rings (SSSR count). The van der Waals surface area contributed by atoms with Crippen LogP contribution in [0.3, 0.4) is 0 Å². The average Bonchev–Trinajstić information content (AvgIpc) is 2.76. The Kier molecular flexibility index (Phi) is 4.20. The summed E-state index contributed by atoms with van der Waals surface area (Å²) in [5.74, 6) is 0. The summed E-state index contributed by atoms with van der Waals surface area (Å²) >= 11 is 0. The van der Waals surface area contributed by atoms with Crippen molar-refractivity contribution >= 4 is 16.7 Å². The van der Waals surface area contributed by atoms with Crippen LogP contribution in [0.2, 0.25) is 0 Å². The van der Waals surface area contributed by atoms with E-state index in [1.807, 2.05) is 24.5 Å². The van der Waals surface area contributed by atoms with Crippen molar-refractivity contribution < 1.29 is 0 Å². The van der Waals surface area contributed by atoms with E-state index in [1.165, 1.54) is 6.42 Å². The Balaban J connectivity index is 2.07. The third-order valence-electron chi connectivity index (χ3n) is 3.29. The second kappa shape index (κ2) is 5.87. The molecule has 0 radical (unpaired) electrons. The minimum atomic E-state index is 0.772. The van der Waals surface area contributed by atoms with Gasteiger partial charge in [0.15, 0.2) is 0 Å². The number of nitrogens with two attached hydrogens (primary N) is 1. The highest BCUT2D eigenvalue weighted by Crippen LogP contribution is 2.15. The Bertz CT molecular complexity index is 503. The first-order valence-corrected chi connectivity index (χ1v) is 6.67. The monoisotopic (exact) mass is 246 g/mol. The molecule has 18 heavy (non-hydrogen) atoms. The van der Waals surface area contributed by atoms with Crippen molar-refractivity contribution in [3.63, 3.8) is 0 Å². The molecular formula is C14H22N4. The molecule has 0 fully saturated rings. The molecule has 1 aromatic carbocycles. The van der Waals surface area contributed by atoms with Gasteiger partial charge >= 0.3 is 0 Å². The van der Waals surface area contributed by atoms with Crippen molar-refractivity contribution in [3.8, 4) is 0 Å². The minimum absolute atomic E-state index is 0.772. The van der Waals surface area contributed by atoms with Gasteiger partial charge < -0.3 is 15.2 Å². The fraction of sp³-hybridized carbons (Fsp3) is 0.500. The lowest BCUT2D eigenvalue weighted by Gasteiger charge is -2.19. The van der Waals surface area contributed by atoms with E-state index in [9.17, 15) is 0 Å². The van der Waals surface area contributed by atoms with Gasteiger partial charge in [0.25, 0.3) is 0 Å². The topological polar surface area (TPSA) is 47.1 Å². The van der Waals surface area contributed by atoms with Gasteiger partial charge in [0.05, 0.1) is 17.4 Å². The van der Waals surface area contributed by atoms with Crippen molar-refractivity contribution in [3.05, 3.63) is 24.5 Å². The van der Waals surface area contributed by atoms with Crippen molar-refractivity contribution in [2.24, 2.45) is 0 Å². The van der Waals surface area contributed by atoms with Crippen molar-refractivity contribution in [1.82, 2.24) is 14.5 Å². The zero-order valence-corrected chi connectivity index (χ0v) is 11.3. The van der Waals surface area contributed by atoms with Gasteiger partial charge in [0.1, 0.15) is 0 Å². The second-order valence-electron chi connectivity index (χ2n) is 4.62. The van der Waals surface area contributed by atoms with Gasteiger partial charge in [-0.1, -0.05) is 13.8 Å². The lowest BCUT2D eigenvalue weighted by Crippen LogP contribution is -2.27. The van der Waals surface area contributed by atoms with Crippen LogP contribution in [0.15, 0.2) is 24.5 Å². The van der Waals surface area contributed by atoms with Gasteiger partial charge in [0, 0.05) is 18.8 Å². The molecular weight excluding hydrogens is 224 g/mol. The quantitative estimate of drug-likeness (QED) is 0.796. The summed E-state index contributed by atoms with van der Waals surface area (Å²) in [6, 6.07) is 5.91. The minimum Gasteiger partial charge on any atom is -0.399 e. The molecule has 0 aliphatic heterocycles. The maximum Gasteiger partial charge on any atom is 0.0958 e. The van der Waals surface area contributed by atoms with Crippen LogP contribution in [0, 0.1) is 0 Å². The first kappa shape index (κ1) is 12.9. The SMILES string of the molecule is CCCN(CC)CCn1cnc2cc(N)ccc21. The number of benzene rings is 1. The van der Waals surface area contributed by atoms with Crippen LogP contribution in [-0.4, -0.2) is 34.1 Å². The first-order chi connectivity index (χ1) is 8.74. The molecule has 98 valence electrons. The van der Waals surface area contributed by atoms with Gasteiger partial charge in [-0.2, -0.15) is 0 Å². The molecule has 0 amide bonds. The molecule has 0 atom stereocenters.